The summed E-state index contributed by atoms with van der Waals surface area (Å²) < 4.78 is 34.0. The van der Waals surface area contributed by atoms with Crippen molar-refractivity contribution < 1.29 is 12.8 Å². The Labute approximate surface area is 161 Å². The molecule has 28 heavy (non-hydrogen) atoms. The van der Waals surface area contributed by atoms with Gasteiger partial charge in [0.1, 0.15) is 6.07 Å². The van der Waals surface area contributed by atoms with Gasteiger partial charge in [0.25, 0.3) is 0 Å². The second-order valence-corrected chi connectivity index (χ2v) is 8.44. The summed E-state index contributed by atoms with van der Waals surface area (Å²) in [5.74, 6) is -0.431. The van der Waals surface area contributed by atoms with Gasteiger partial charge < -0.3 is 4.42 Å². The van der Waals surface area contributed by atoms with E-state index in [2.05, 4.69) is 0 Å². The molecule has 4 rings (SSSR count). The fraction of sp³-hybridized carbons (Fsp3) is 0.263. The minimum Gasteiger partial charge on any atom is -0.408 e. The Bertz CT molecular complexity index is 1210. The lowest BCUT2D eigenvalue weighted by atomic mass is 10.2. The standard InChI is InChI=1S/C19H18N4O4S/c20-13-15-5-1-4-8-18(15)28(25,26)22-11-9-21(10-12-22)14-23-16-6-2-3-7-17(16)27-19(23)24/h1-8H,9-12,14H2. The molecule has 144 valence electrons. The minimum atomic E-state index is -3.74. The first kappa shape index (κ1) is 18.4. The summed E-state index contributed by atoms with van der Waals surface area (Å²) in [7, 11) is -3.74. The molecule has 0 atom stereocenters. The van der Waals surface area contributed by atoms with Crippen LogP contribution in [0.15, 0.2) is 62.6 Å². The molecule has 1 aromatic heterocycles. The zero-order valence-electron chi connectivity index (χ0n) is 15.0. The molecule has 0 saturated carbocycles. The molecule has 1 fully saturated rings. The molecule has 0 unspecified atom stereocenters. The molecule has 0 N–H and O–H groups in total. The van der Waals surface area contributed by atoms with Crippen LogP contribution in [0, 0.1) is 11.3 Å². The molecular formula is C19H18N4O4S. The van der Waals surface area contributed by atoms with E-state index in [9.17, 15) is 18.5 Å². The average molecular weight is 398 g/mol. The Morgan fingerprint density at radius 2 is 1.68 bits per heavy atom. The van der Waals surface area contributed by atoms with Crippen LogP contribution >= 0.6 is 0 Å². The third kappa shape index (κ3) is 3.22. The Morgan fingerprint density at radius 1 is 1.00 bits per heavy atom. The first-order valence-corrected chi connectivity index (χ1v) is 10.2. The van der Waals surface area contributed by atoms with Crippen molar-refractivity contribution in [1.82, 2.24) is 13.8 Å². The first-order valence-electron chi connectivity index (χ1n) is 8.81. The number of para-hydroxylation sites is 2. The van der Waals surface area contributed by atoms with Gasteiger partial charge in [0.2, 0.25) is 10.0 Å². The van der Waals surface area contributed by atoms with Crippen molar-refractivity contribution in [2.75, 3.05) is 26.2 Å². The van der Waals surface area contributed by atoms with Crippen LogP contribution in [-0.4, -0.2) is 48.4 Å². The number of aromatic nitrogens is 1. The van der Waals surface area contributed by atoms with Gasteiger partial charge in [-0.1, -0.05) is 24.3 Å². The number of fused-ring (bicyclic) bond motifs is 1. The van der Waals surface area contributed by atoms with Crippen LogP contribution in [-0.2, 0) is 16.7 Å². The van der Waals surface area contributed by atoms with Gasteiger partial charge in [-0.15, -0.1) is 0 Å². The maximum Gasteiger partial charge on any atom is 0.421 e. The summed E-state index contributed by atoms with van der Waals surface area (Å²) in [5, 5.41) is 9.20. The lowest BCUT2D eigenvalue weighted by molar-refractivity contribution is 0.150. The van der Waals surface area contributed by atoms with Crippen LogP contribution in [0.5, 0.6) is 0 Å². The molecule has 0 amide bonds. The number of nitrogens with zero attached hydrogens (tertiary/aromatic N) is 4. The zero-order valence-corrected chi connectivity index (χ0v) is 15.8. The van der Waals surface area contributed by atoms with Crippen LogP contribution < -0.4 is 5.76 Å². The highest BCUT2D eigenvalue weighted by molar-refractivity contribution is 7.89. The van der Waals surface area contributed by atoms with Crippen LogP contribution in [0.3, 0.4) is 0 Å². The Balaban J connectivity index is 1.50. The average Bonchev–Trinajstić information content (AvgIpc) is 3.03. The molecule has 2 heterocycles. The molecule has 0 aliphatic carbocycles. The molecule has 2 aromatic carbocycles. The van der Waals surface area contributed by atoms with E-state index in [1.54, 1.807) is 28.8 Å². The Kier molecular flexibility index (Phi) is 4.77. The van der Waals surface area contributed by atoms with Crippen molar-refractivity contribution in [3.05, 3.63) is 64.6 Å². The number of sulfonamides is 1. The van der Waals surface area contributed by atoms with Crippen LogP contribution in [0.25, 0.3) is 11.1 Å². The van der Waals surface area contributed by atoms with E-state index in [0.29, 0.717) is 30.9 Å². The van der Waals surface area contributed by atoms with Gasteiger partial charge >= 0.3 is 5.76 Å². The van der Waals surface area contributed by atoms with Gasteiger partial charge in [-0.3, -0.25) is 9.47 Å². The van der Waals surface area contributed by atoms with Gasteiger partial charge in [-0.2, -0.15) is 9.57 Å². The molecule has 3 aromatic rings. The monoisotopic (exact) mass is 398 g/mol. The van der Waals surface area contributed by atoms with Crippen LogP contribution in [0.1, 0.15) is 5.56 Å². The smallest absolute Gasteiger partial charge is 0.408 e. The lowest BCUT2D eigenvalue weighted by Gasteiger charge is -2.33. The van der Waals surface area contributed by atoms with Crippen molar-refractivity contribution in [2.24, 2.45) is 0 Å². The summed E-state index contributed by atoms with van der Waals surface area (Å²) >= 11 is 0. The number of hydrogen-bond donors (Lipinski definition) is 0. The summed E-state index contributed by atoms with van der Waals surface area (Å²) in [4.78, 5) is 14.2. The van der Waals surface area contributed by atoms with E-state index in [1.807, 2.05) is 23.1 Å². The van der Waals surface area contributed by atoms with Crippen molar-refractivity contribution in [1.29, 1.82) is 5.26 Å². The van der Waals surface area contributed by atoms with Gasteiger partial charge in [0, 0.05) is 26.2 Å². The highest BCUT2D eigenvalue weighted by Crippen LogP contribution is 2.21. The Morgan fingerprint density at radius 3 is 2.43 bits per heavy atom. The third-order valence-corrected chi connectivity index (χ3v) is 6.83. The van der Waals surface area contributed by atoms with Crippen molar-refractivity contribution in [3.63, 3.8) is 0 Å². The molecule has 0 radical (unpaired) electrons. The predicted molar refractivity (Wildman–Crippen MR) is 102 cm³/mol. The van der Waals surface area contributed by atoms with Gasteiger partial charge in [0.05, 0.1) is 22.6 Å². The fourth-order valence-electron chi connectivity index (χ4n) is 3.38. The highest BCUT2D eigenvalue weighted by Gasteiger charge is 2.30. The largest absolute Gasteiger partial charge is 0.421 e. The number of rotatable bonds is 4. The molecular weight excluding hydrogens is 380 g/mol. The number of benzene rings is 2. The molecule has 1 aliphatic rings. The van der Waals surface area contributed by atoms with Crippen molar-refractivity contribution in [3.8, 4) is 6.07 Å². The SMILES string of the molecule is N#Cc1ccccc1S(=O)(=O)N1CCN(Cn2c(=O)oc3ccccc32)CC1. The summed E-state index contributed by atoms with van der Waals surface area (Å²) in [6.07, 6.45) is 0. The van der Waals surface area contributed by atoms with E-state index >= 15 is 0 Å². The van der Waals surface area contributed by atoms with Gasteiger partial charge in [-0.25, -0.2) is 13.2 Å². The van der Waals surface area contributed by atoms with E-state index in [0.717, 1.165) is 0 Å². The molecule has 0 spiro atoms. The second kappa shape index (κ2) is 7.24. The van der Waals surface area contributed by atoms with E-state index in [4.69, 9.17) is 4.42 Å². The maximum absolute atomic E-state index is 12.9. The zero-order chi connectivity index (χ0) is 19.7. The highest BCUT2D eigenvalue weighted by atomic mass is 32.2. The third-order valence-electron chi connectivity index (χ3n) is 4.87. The maximum atomic E-state index is 12.9. The Hall–Kier alpha value is -2.93. The fourth-order valence-corrected chi connectivity index (χ4v) is 4.95. The van der Waals surface area contributed by atoms with Crippen molar-refractivity contribution in [2.45, 2.75) is 11.6 Å². The normalized spacial score (nSPS) is 16.2. The van der Waals surface area contributed by atoms with E-state index in [1.165, 1.54) is 16.4 Å². The van der Waals surface area contributed by atoms with Gasteiger partial charge in [-0.05, 0) is 24.3 Å². The van der Waals surface area contributed by atoms with E-state index < -0.39 is 15.8 Å². The number of hydrogen-bond acceptors (Lipinski definition) is 6. The molecule has 1 aliphatic heterocycles. The molecule has 0 bridgehead atoms. The molecule has 8 nitrogen and oxygen atoms in total. The summed E-state index contributed by atoms with van der Waals surface area (Å²) in [5.41, 5.74) is 1.38. The molecule has 1 saturated heterocycles. The quantitative estimate of drug-likeness (QED) is 0.659. The minimum absolute atomic E-state index is 0.0306. The summed E-state index contributed by atoms with van der Waals surface area (Å²) in [6, 6.07) is 15.3. The molecule has 9 heteroatoms. The van der Waals surface area contributed by atoms with Crippen molar-refractivity contribution >= 4 is 21.1 Å². The number of oxazole rings is 1. The lowest BCUT2D eigenvalue weighted by Crippen LogP contribution is -2.49. The second-order valence-electron chi connectivity index (χ2n) is 6.54. The van der Waals surface area contributed by atoms with Crippen LogP contribution in [0.2, 0.25) is 0 Å². The summed E-state index contributed by atoms with van der Waals surface area (Å²) in [6.45, 7) is 1.84. The predicted octanol–water partition coefficient (Wildman–Crippen LogP) is 1.43. The van der Waals surface area contributed by atoms with E-state index in [-0.39, 0.29) is 23.5 Å². The first-order chi connectivity index (χ1) is 13.5. The van der Waals surface area contributed by atoms with Crippen LogP contribution in [0.4, 0.5) is 0 Å². The van der Waals surface area contributed by atoms with Gasteiger partial charge in [0.15, 0.2) is 5.58 Å². The number of piperazine rings is 1. The topological polar surface area (TPSA) is 99.5 Å². The number of nitriles is 1.